The van der Waals surface area contributed by atoms with Crippen LogP contribution in [0.25, 0.3) is 0 Å². The van der Waals surface area contributed by atoms with Crippen molar-refractivity contribution >= 4 is 11.9 Å². The molecular weight excluding hydrogens is 260 g/mol. The highest BCUT2D eigenvalue weighted by atomic mass is 16.5. The Bertz CT molecular complexity index is 458. The summed E-state index contributed by atoms with van der Waals surface area (Å²) in [6.07, 6.45) is 4.92. The molecule has 1 aromatic rings. The van der Waals surface area contributed by atoms with E-state index < -0.39 is 0 Å². The van der Waals surface area contributed by atoms with Crippen LogP contribution in [-0.2, 0) is 9.53 Å². The van der Waals surface area contributed by atoms with Crippen molar-refractivity contribution in [1.29, 1.82) is 0 Å². The summed E-state index contributed by atoms with van der Waals surface area (Å²) in [6.45, 7) is 3.44. The first-order chi connectivity index (χ1) is 9.70. The Kier molecular flexibility index (Phi) is 5.00. The van der Waals surface area contributed by atoms with Gasteiger partial charge in [0, 0.05) is 45.1 Å². The SMILES string of the molecule is COC(=O)CCN1CCN(C(=O)c2cnccn2)CC1. The normalized spacial score (nSPS) is 15.9. The first-order valence-electron chi connectivity index (χ1n) is 6.55. The summed E-state index contributed by atoms with van der Waals surface area (Å²) in [6, 6.07) is 0. The van der Waals surface area contributed by atoms with Crippen molar-refractivity contribution in [1.82, 2.24) is 19.8 Å². The lowest BCUT2D eigenvalue weighted by atomic mass is 10.2. The van der Waals surface area contributed by atoms with E-state index in [0.717, 1.165) is 13.1 Å². The molecule has 2 heterocycles. The Morgan fingerprint density at radius 1 is 1.25 bits per heavy atom. The van der Waals surface area contributed by atoms with Gasteiger partial charge in [-0.25, -0.2) is 4.98 Å². The molecule has 0 aromatic carbocycles. The van der Waals surface area contributed by atoms with Crippen LogP contribution >= 0.6 is 0 Å². The van der Waals surface area contributed by atoms with Crippen molar-refractivity contribution < 1.29 is 14.3 Å². The van der Waals surface area contributed by atoms with Gasteiger partial charge in [0.15, 0.2) is 0 Å². The zero-order valence-corrected chi connectivity index (χ0v) is 11.5. The highest BCUT2D eigenvalue weighted by molar-refractivity contribution is 5.92. The number of carbonyl (C=O) groups is 2. The first kappa shape index (κ1) is 14.4. The smallest absolute Gasteiger partial charge is 0.306 e. The molecule has 0 N–H and O–H groups in total. The van der Waals surface area contributed by atoms with E-state index in [4.69, 9.17) is 0 Å². The summed E-state index contributed by atoms with van der Waals surface area (Å²) in [5.41, 5.74) is 0.371. The summed E-state index contributed by atoms with van der Waals surface area (Å²) in [4.78, 5) is 35.1. The van der Waals surface area contributed by atoms with E-state index in [1.165, 1.54) is 19.5 Å². The quantitative estimate of drug-likeness (QED) is 0.710. The molecule has 108 valence electrons. The van der Waals surface area contributed by atoms with Crippen molar-refractivity contribution in [3.05, 3.63) is 24.3 Å². The zero-order chi connectivity index (χ0) is 14.4. The molecule has 1 saturated heterocycles. The minimum absolute atomic E-state index is 0.0919. The Morgan fingerprint density at radius 3 is 2.60 bits per heavy atom. The van der Waals surface area contributed by atoms with E-state index >= 15 is 0 Å². The lowest BCUT2D eigenvalue weighted by Crippen LogP contribution is -2.49. The maximum Gasteiger partial charge on any atom is 0.306 e. The number of rotatable bonds is 4. The van der Waals surface area contributed by atoms with Gasteiger partial charge >= 0.3 is 5.97 Å². The van der Waals surface area contributed by atoms with Crippen molar-refractivity contribution in [3.8, 4) is 0 Å². The average molecular weight is 278 g/mol. The van der Waals surface area contributed by atoms with Gasteiger partial charge in [-0.3, -0.25) is 19.5 Å². The molecule has 1 aliphatic heterocycles. The molecular formula is C13H18N4O3. The number of ether oxygens (including phenoxy) is 1. The number of methoxy groups -OCH3 is 1. The molecule has 0 unspecified atom stereocenters. The fourth-order valence-corrected chi connectivity index (χ4v) is 2.10. The van der Waals surface area contributed by atoms with Gasteiger partial charge in [-0.1, -0.05) is 0 Å². The highest BCUT2D eigenvalue weighted by Gasteiger charge is 2.23. The van der Waals surface area contributed by atoms with Crippen molar-refractivity contribution in [2.45, 2.75) is 6.42 Å². The molecule has 1 fully saturated rings. The zero-order valence-electron chi connectivity index (χ0n) is 11.5. The molecule has 0 spiro atoms. The maximum absolute atomic E-state index is 12.1. The molecule has 1 aliphatic rings. The number of amides is 1. The largest absolute Gasteiger partial charge is 0.469 e. The van der Waals surface area contributed by atoms with Gasteiger partial charge in [-0.2, -0.15) is 0 Å². The van der Waals surface area contributed by atoms with Gasteiger partial charge in [0.1, 0.15) is 5.69 Å². The second-order valence-electron chi connectivity index (χ2n) is 4.55. The number of piperazine rings is 1. The Hall–Kier alpha value is -2.02. The lowest BCUT2D eigenvalue weighted by Gasteiger charge is -2.34. The predicted molar refractivity (Wildman–Crippen MR) is 71.0 cm³/mol. The second kappa shape index (κ2) is 6.95. The Balaban J connectivity index is 1.79. The van der Waals surface area contributed by atoms with E-state index in [9.17, 15) is 9.59 Å². The van der Waals surface area contributed by atoms with E-state index in [0.29, 0.717) is 31.7 Å². The average Bonchev–Trinajstić information content (AvgIpc) is 2.53. The van der Waals surface area contributed by atoms with Crippen molar-refractivity contribution in [3.63, 3.8) is 0 Å². The molecule has 7 nitrogen and oxygen atoms in total. The van der Waals surface area contributed by atoms with E-state index in [-0.39, 0.29) is 11.9 Å². The molecule has 1 aromatic heterocycles. The number of esters is 1. The fraction of sp³-hybridized carbons (Fsp3) is 0.538. The molecule has 0 radical (unpaired) electrons. The molecule has 0 aliphatic carbocycles. The number of hydrogen-bond acceptors (Lipinski definition) is 6. The Labute approximate surface area is 117 Å². The minimum atomic E-state index is -0.205. The van der Waals surface area contributed by atoms with Crippen LogP contribution in [0.15, 0.2) is 18.6 Å². The molecule has 0 atom stereocenters. The maximum atomic E-state index is 12.1. The summed E-state index contributed by atoms with van der Waals surface area (Å²) in [5, 5.41) is 0. The van der Waals surface area contributed by atoms with Gasteiger partial charge in [0.05, 0.1) is 19.7 Å². The number of aromatic nitrogens is 2. The van der Waals surface area contributed by atoms with E-state index in [1.807, 2.05) is 0 Å². The summed E-state index contributed by atoms with van der Waals surface area (Å²) >= 11 is 0. The third-order valence-electron chi connectivity index (χ3n) is 3.30. The summed E-state index contributed by atoms with van der Waals surface area (Å²) in [7, 11) is 1.39. The molecule has 1 amide bonds. The van der Waals surface area contributed by atoms with Crippen LogP contribution < -0.4 is 0 Å². The van der Waals surface area contributed by atoms with Crippen LogP contribution in [0.3, 0.4) is 0 Å². The van der Waals surface area contributed by atoms with Crippen LogP contribution in [0.2, 0.25) is 0 Å². The van der Waals surface area contributed by atoms with Gasteiger partial charge in [0.2, 0.25) is 0 Å². The molecule has 0 bridgehead atoms. The van der Waals surface area contributed by atoms with Crippen molar-refractivity contribution in [2.75, 3.05) is 39.8 Å². The third-order valence-corrected chi connectivity index (χ3v) is 3.30. The van der Waals surface area contributed by atoms with Crippen LogP contribution in [-0.4, -0.2) is 71.5 Å². The van der Waals surface area contributed by atoms with Gasteiger partial charge in [-0.15, -0.1) is 0 Å². The van der Waals surface area contributed by atoms with Crippen molar-refractivity contribution in [2.24, 2.45) is 0 Å². The highest BCUT2D eigenvalue weighted by Crippen LogP contribution is 2.06. The minimum Gasteiger partial charge on any atom is -0.469 e. The van der Waals surface area contributed by atoms with Gasteiger partial charge < -0.3 is 9.64 Å². The van der Waals surface area contributed by atoms with Crippen LogP contribution in [0.5, 0.6) is 0 Å². The lowest BCUT2D eigenvalue weighted by molar-refractivity contribution is -0.141. The number of carbonyl (C=O) groups excluding carboxylic acids is 2. The third kappa shape index (κ3) is 3.74. The topological polar surface area (TPSA) is 75.6 Å². The van der Waals surface area contributed by atoms with E-state index in [1.54, 1.807) is 11.1 Å². The van der Waals surface area contributed by atoms with Gasteiger partial charge in [0.25, 0.3) is 5.91 Å². The molecule has 7 heteroatoms. The number of hydrogen-bond donors (Lipinski definition) is 0. The Morgan fingerprint density at radius 2 is 2.00 bits per heavy atom. The summed E-state index contributed by atoms with van der Waals surface area (Å²) in [5.74, 6) is -0.297. The van der Waals surface area contributed by atoms with Crippen LogP contribution in [0.1, 0.15) is 16.9 Å². The molecule has 0 saturated carbocycles. The molecule has 20 heavy (non-hydrogen) atoms. The van der Waals surface area contributed by atoms with E-state index in [2.05, 4.69) is 19.6 Å². The monoisotopic (exact) mass is 278 g/mol. The molecule has 2 rings (SSSR count). The summed E-state index contributed by atoms with van der Waals surface area (Å²) < 4.78 is 4.61. The van der Waals surface area contributed by atoms with Gasteiger partial charge in [-0.05, 0) is 0 Å². The predicted octanol–water partition coefficient (Wildman–Crippen LogP) is -0.203. The first-order valence-corrected chi connectivity index (χ1v) is 6.55. The number of nitrogens with zero attached hydrogens (tertiary/aromatic N) is 4. The standard InChI is InChI=1S/C13H18N4O3/c1-20-12(18)2-5-16-6-8-17(9-7-16)13(19)11-10-14-3-4-15-11/h3-4,10H,2,5-9H2,1H3. The van der Waals surface area contributed by atoms with Crippen LogP contribution in [0.4, 0.5) is 0 Å². The fourth-order valence-electron chi connectivity index (χ4n) is 2.10. The van der Waals surface area contributed by atoms with Crippen LogP contribution in [0, 0.1) is 0 Å². The second-order valence-corrected chi connectivity index (χ2v) is 4.55.